The van der Waals surface area contributed by atoms with Crippen LogP contribution in [0.5, 0.6) is 0 Å². The molecule has 0 saturated carbocycles. The molecule has 6 nitrogen and oxygen atoms in total. The SMILES string of the molecule is CN(C(=O)OC1CC(c2ccc(F)cc2)=C(CC[C@H]2C[C@H](O)CC(=O)O2)C(C)(C)C1)c1ccccc1. The van der Waals surface area contributed by atoms with E-state index in [0.717, 1.165) is 16.8 Å². The molecule has 3 atom stereocenters. The van der Waals surface area contributed by atoms with Crippen molar-refractivity contribution in [2.45, 2.75) is 70.7 Å². The van der Waals surface area contributed by atoms with Gasteiger partial charge in [-0.2, -0.15) is 0 Å². The molecule has 2 aliphatic rings. The zero-order valence-corrected chi connectivity index (χ0v) is 21.1. The number of para-hydroxylation sites is 1. The second kappa shape index (κ2) is 10.8. The van der Waals surface area contributed by atoms with E-state index in [1.165, 1.54) is 22.6 Å². The molecule has 1 amide bonds. The number of hydrogen-bond acceptors (Lipinski definition) is 5. The number of halogens is 1. The van der Waals surface area contributed by atoms with E-state index in [9.17, 15) is 19.1 Å². The molecular weight excluding hydrogens is 461 g/mol. The van der Waals surface area contributed by atoms with E-state index in [1.807, 2.05) is 30.3 Å². The Morgan fingerprint density at radius 1 is 1.14 bits per heavy atom. The average Bonchev–Trinajstić information content (AvgIpc) is 2.82. The lowest BCUT2D eigenvalue weighted by Crippen LogP contribution is -2.37. The van der Waals surface area contributed by atoms with Crippen LogP contribution in [0.25, 0.3) is 5.57 Å². The fourth-order valence-electron chi connectivity index (χ4n) is 5.36. The molecule has 2 aromatic rings. The van der Waals surface area contributed by atoms with Crippen LogP contribution < -0.4 is 4.90 Å². The number of allylic oxidation sites excluding steroid dienone is 1. The Morgan fingerprint density at radius 3 is 2.50 bits per heavy atom. The highest BCUT2D eigenvalue weighted by Crippen LogP contribution is 2.47. The molecule has 0 radical (unpaired) electrons. The minimum atomic E-state index is -0.674. The van der Waals surface area contributed by atoms with E-state index in [4.69, 9.17) is 9.47 Å². The predicted octanol–water partition coefficient (Wildman–Crippen LogP) is 5.89. The van der Waals surface area contributed by atoms with Gasteiger partial charge in [0.05, 0.1) is 12.5 Å². The van der Waals surface area contributed by atoms with Crippen molar-refractivity contribution in [3.05, 3.63) is 71.6 Å². The number of aliphatic hydroxyl groups is 1. The summed E-state index contributed by atoms with van der Waals surface area (Å²) in [5, 5.41) is 9.99. The van der Waals surface area contributed by atoms with Crippen LogP contribution in [0.15, 0.2) is 60.2 Å². The van der Waals surface area contributed by atoms with Gasteiger partial charge in [0.1, 0.15) is 18.0 Å². The fraction of sp³-hybridized carbons (Fsp3) is 0.448. The Hall–Kier alpha value is -3.19. The number of anilines is 1. The quantitative estimate of drug-likeness (QED) is 0.506. The van der Waals surface area contributed by atoms with Gasteiger partial charge in [0.2, 0.25) is 0 Å². The molecule has 1 saturated heterocycles. The molecule has 7 heteroatoms. The third-order valence-corrected chi connectivity index (χ3v) is 7.18. The first-order valence-corrected chi connectivity index (χ1v) is 12.5. The second-order valence-corrected chi connectivity index (χ2v) is 10.4. The molecule has 0 spiro atoms. The number of esters is 1. The second-order valence-electron chi connectivity index (χ2n) is 10.4. The normalized spacial score (nSPS) is 23.7. The number of nitrogens with zero attached hydrogens (tertiary/aromatic N) is 1. The van der Waals surface area contributed by atoms with E-state index < -0.39 is 12.2 Å². The minimum Gasteiger partial charge on any atom is -0.462 e. The summed E-state index contributed by atoms with van der Waals surface area (Å²) in [6.45, 7) is 4.24. The van der Waals surface area contributed by atoms with E-state index in [2.05, 4.69) is 13.8 Å². The lowest BCUT2D eigenvalue weighted by molar-refractivity contribution is -0.160. The number of cyclic esters (lactones) is 1. The van der Waals surface area contributed by atoms with Crippen molar-refractivity contribution >= 4 is 23.3 Å². The molecule has 192 valence electrons. The lowest BCUT2D eigenvalue weighted by Gasteiger charge is -2.40. The monoisotopic (exact) mass is 495 g/mol. The Kier molecular flexibility index (Phi) is 7.79. The molecule has 4 rings (SSSR count). The van der Waals surface area contributed by atoms with Crippen LogP contribution in [0.1, 0.15) is 57.9 Å². The van der Waals surface area contributed by atoms with Crippen LogP contribution in [0, 0.1) is 11.2 Å². The summed E-state index contributed by atoms with van der Waals surface area (Å²) in [4.78, 5) is 26.2. The van der Waals surface area contributed by atoms with Gasteiger partial charge >= 0.3 is 12.1 Å². The van der Waals surface area contributed by atoms with Gasteiger partial charge in [0.15, 0.2) is 0 Å². The number of carbonyl (C=O) groups excluding carboxylic acids is 2. The van der Waals surface area contributed by atoms with Crippen LogP contribution >= 0.6 is 0 Å². The third-order valence-electron chi connectivity index (χ3n) is 7.18. The number of carbonyl (C=O) groups is 2. The Labute approximate surface area is 211 Å². The maximum atomic E-state index is 13.7. The van der Waals surface area contributed by atoms with E-state index >= 15 is 0 Å². The zero-order chi connectivity index (χ0) is 25.9. The molecule has 1 fully saturated rings. The predicted molar refractivity (Wildman–Crippen MR) is 136 cm³/mol. The van der Waals surface area contributed by atoms with Gasteiger partial charge in [-0.15, -0.1) is 0 Å². The van der Waals surface area contributed by atoms with Crippen LogP contribution in [0.3, 0.4) is 0 Å². The van der Waals surface area contributed by atoms with Crippen molar-refractivity contribution < 1.29 is 28.6 Å². The Morgan fingerprint density at radius 2 is 1.83 bits per heavy atom. The number of ether oxygens (including phenoxy) is 2. The van der Waals surface area contributed by atoms with Crippen LogP contribution in [-0.4, -0.2) is 42.5 Å². The Balaban J connectivity index is 1.57. The summed E-state index contributed by atoms with van der Waals surface area (Å²) < 4.78 is 25.1. The van der Waals surface area contributed by atoms with Crippen LogP contribution in [-0.2, 0) is 14.3 Å². The average molecular weight is 496 g/mol. The van der Waals surface area contributed by atoms with Gasteiger partial charge in [0, 0.05) is 25.6 Å². The molecular formula is C29H34FNO5. The number of hydrogen-bond donors (Lipinski definition) is 1. The minimum absolute atomic E-state index is 0.0377. The molecule has 36 heavy (non-hydrogen) atoms. The van der Waals surface area contributed by atoms with E-state index in [0.29, 0.717) is 32.1 Å². The first-order valence-electron chi connectivity index (χ1n) is 12.5. The fourth-order valence-corrected chi connectivity index (χ4v) is 5.36. The van der Waals surface area contributed by atoms with Gasteiger partial charge in [-0.3, -0.25) is 9.69 Å². The molecule has 2 aromatic carbocycles. The van der Waals surface area contributed by atoms with Crippen molar-refractivity contribution in [1.29, 1.82) is 0 Å². The summed E-state index contributed by atoms with van der Waals surface area (Å²) in [5.74, 6) is -0.685. The van der Waals surface area contributed by atoms with Gasteiger partial charge in [-0.25, -0.2) is 9.18 Å². The smallest absolute Gasteiger partial charge is 0.414 e. The number of amides is 1. The third kappa shape index (κ3) is 6.13. The standard InChI is InChI=1S/C29H34FNO5/c1-29(2)18-24(36-28(34)31(3)21-7-5-4-6-8-21)17-25(19-9-11-20(30)12-10-19)26(29)14-13-23-15-22(32)16-27(33)35-23/h4-12,22-24,32H,13-18H2,1-3H3/t22-,23-,24?/m0/s1. The van der Waals surface area contributed by atoms with Crippen molar-refractivity contribution in [3.63, 3.8) is 0 Å². The molecule has 0 bridgehead atoms. The van der Waals surface area contributed by atoms with Gasteiger partial charge in [-0.1, -0.05) is 49.8 Å². The summed E-state index contributed by atoms with van der Waals surface area (Å²) in [6, 6.07) is 15.7. The highest BCUT2D eigenvalue weighted by atomic mass is 19.1. The largest absolute Gasteiger partial charge is 0.462 e. The van der Waals surface area contributed by atoms with Gasteiger partial charge in [-0.05, 0) is 60.1 Å². The summed E-state index contributed by atoms with van der Waals surface area (Å²) in [5.41, 5.74) is 3.52. The van der Waals surface area contributed by atoms with Crippen molar-refractivity contribution in [3.8, 4) is 0 Å². The van der Waals surface area contributed by atoms with Crippen LogP contribution in [0.4, 0.5) is 14.9 Å². The number of aliphatic hydroxyl groups excluding tert-OH is 1. The molecule has 1 heterocycles. The molecule has 1 aliphatic heterocycles. The number of benzene rings is 2. The van der Waals surface area contributed by atoms with Crippen molar-refractivity contribution in [2.75, 3.05) is 11.9 Å². The summed E-state index contributed by atoms with van der Waals surface area (Å²) >= 11 is 0. The topological polar surface area (TPSA) is 76.1 Å². The molecule has 1 aliphatic carbocycles. The van der Waals surface area contributed by atoms with Crippen LogP contribution in [0.2, 0.25) is 0 Å². The highest BCUT2D eigenvalue weighted by molar-refractivity contribution is 5.87. The number of rotatable bonds is 6. The highest BCUT2D eigenvalue weighted by Gasteiger charge is 2.38. The zero-order valence-electron chi connectivity index (χ0n) is 21.1. The maximum absolute atomic E-state index is 13.7. The van der Waals surface area contributed by atoms with Crippen molar-refractivity contribution in [1.82, 2.24) is 0 Å². The van der Waals surface area contributed by atoms with Gasteiger partial charge < -0.3 is 14.6 Å². The first-order chi connectivity index (χ1) is 17.1. The summed E-state index contributed by atoms with van der Waals surface area (Å²) in [7, 11) is 1.69. The van der Waals surface area contributed by atoms with E-state index in [-0.39, 0.29) is 35.8 Å². The Bertz CT molecular complexity index is 1110. The molecule has 0 aromatic heterocycles. The molecule has 1 unspecified atom stereocenters. The van der Waals surface area contributed by atoms with Gasteiger partial charge in [0.25, 0.3) is 0 Å². The van der Waals surface area contributed by atoms with E-state index in [1.54, 1.807) is 19.2 Å². The summed E-state index contributed by atoms with van der Waals surface area (Å²) in [6.07, 6.45) is 1.07. The molecule has 1 N–H and O–H groups in total. The van der Waals surface area contributed by atoms with Crippen molar-refractivity contribution in [2.24, 2.45) is 5.41 Å². The maximum Gasteiger partial charge on any atom is 0.414 e. The lowest BCUT2D eigenvalue weighted by atomic mass is 9.68. The first kappa shape index (κ1) is 25.9.